The number of aliphatic imine (C=N–C) groups is 1. The van der Waals surface area contributed by atoms with E-state index in [9.17, 15) is 0 Å². The fourth-order valence-electron chi connectivity index (χ4n) is 4.57. The van der Waals surface area contributed by atoms with Crippen molar-refractivity contribution in [3.05, 3.63) is 94.5 Å². The Bertz CT molecular complexity index is 1050. The number of ether oxygens (including phenoxy) is 1. The Morgan fingerprint density at radius 2 is 1.73 bits per heavy atom. The zero-order valence-corrected chi connectivity index (χ0v) is 17.5. The van der Waals surface area contributed by atoms with Gasteiger partial charge in [-0.15, -0.1) is 0 Å². The summed E-state index contributed by atoms with van der Waals surface area (Å²) in [5.74, 6) is 1.57. The van der Waals surface area contributed by atoms with Crippen LogP contribution in [0.25, 0.3) is 0 Å². The van der Waals surface area contributed by atoms with Crippen LogP contribution in [-0.2, 0) is 13.0 Å². The van der Waals surface area contributed by atoms with E-state index < -0.39 is 0 Å². The summed E-state index contributed by atoms with van der Waals surface area (Å²) in [5.41, 5.74) is 8.87. The van der Waals surface area contributed by atoms with Crippen LogP contribution in [0.15, 0.2) is 71.7 Å². The number of nitrogens with zero attached hydrogens (tertiary/aromatic N) is 1. The van der Waals surface area contributed by atoms with Crippen molar-refractivity contribution in [3.63, 3.8) is 0 Å². The van der Waals surface area contributed by atoms with Crippen LogP contribution in [0, 0.1) is 6.92 Å². The number of nitrogens with one attached hydrogen (secondary N) is 1. The van der Waals surface area contributed by atoms with Gasteiger partial charge in [-0.3, -0.25) is 4.99 Å². The molecule has 0 atom stereocenters. The molecule has 0 unspecified atom stereocenters. The van der Waals surface area contributed by atoms with E-state index in [-0.39, 0.29) is 0 Å². The van der Waals surface area contributed by atoms with Crippen molar-refractivity contribution in [3.8, 4) is 5.75 Å². The van der Waals surface area contributed by atoms with Crippen molar-refractivity contribution in [2.45, 2.75) is 38.7 Å². The number of rotatable bonds is 5. The third-order valence-corrected chi connectivity index (χ3v) is 6.25. The van der Waals surface area contributed by atoms with E-state index in [0.29, 0.717) is 12.5 Å². The molecular formula is C27H28N2O. The van der Waals surface area contributed by atoms with E-state index in [1.165, 1.54) is 46.3 Å². The third-order valence-electron chi connectivity index (χ3n) is 6.25. The molecule has 5 rings (SSSR count). The van der Waals surface area contributed by atoms with Gasteiger partial charge in [-0.1, -0.05) is 42.5 Å². The average molecular weight is 397 g/mol. The summed E-state index contributed by atoms with van der Waals surface area (Å²) >= 11 is 0. The number of benzene rings is 3. The van der Waals surface area contributed by atoms with Gasteiger partial charge < -0.3 is 10.1 Å². The maximum atomic E-state index is 5.93. The van der Waals surface area contributed by atoms with Gasteiger partial charge in [0.15, 0.2) is 0 Å². The largest absolute Gasteiger partial charge is 0.489 e. The third kappa shape index (κ3) is 4.03. The van der Waals surface area contributed by atoms with Crippen LogP contribution in [0.4, 0.5) is 5.69 Å². The summed E-state index contributed by atoms with van der Waals surface area (Å²) in [6.45, 7) is 5.05. The van der Waals surface area contributed by atoms with Crippen molar-refractivity contribution in [1.29, 1.82) is 0 Å². The fourth-order valence-corrected chi connectivity index (χ4v) is 4.57. The van der Waals surface area contributed by atoms with Gasteiger partial charge in [0.1, 0.15) is 12.4 Å². The Kier molecular flexibility index (Phi) is 5.37. The molecule has 2 aliphatic rings. The highest BCUT2D eigenvalue weighted by molar-refractivity contribution is 6.07. The molecule has 2 aliphatic heterocycles. The molecule has 0 aromatic heterocycles. The first-order chi connectivity index (χ1) is 14.8. The van der Waals surface area contributed by atoms with Gasteiger partial charge in [0.25, 0.3) is 0 Å². The number of piperidine rings is 1. The van der Waals surface area contributed by atoms with E-state index in [2.05, 4.69) is 60.8 Å². The van der Waals surface area contributed by atoms with Gasteiger partial charge in [-0.25, -0.2) is 0 Å². The maximum absolute atomic E-state index is 5.93. The predicted molar refractivity (Wildman–Crippen MR) is 123 cm³/mol. The molecule has 152 valence electrons. The first kappa shape index (κ1) is 19.1. The first-order valence-electron chi connectivity index (χ1n) is 10.9. The van der Waals surface area contributed by atoms with Crippen LogP contribution in [0.3, 0.4) is 0 Å². The van der Waals surface area contributed by atoms with Crippen LogP contribution in [0.1, 0.15) is 46.6 Å². The summed E-state index contributed by atoms with van der Waals surface area (Å²) in [6, 6.07) is 23.4. The second-order valence-corrected chi connectivity index (χ2v) is 8.40. The molecule has 0 bridgehead atoms. The summed E-state index contributed by atoms with van der Waals surface area (Å²) in [5, 5.41) is 3.47. The Morgan fingerprint density at radius 3 is 2.50 bits per heavy atom. The molecule has 3 aromatic rings. The van der Waals surface area contributed by atoms with Crippen LogP contribution >= 0.6 is 0 Å². The molecule has 1 saturated heterocycles. The SMILES string of the molecule is Cc1cc(C2CCNCC2)cc2c1N=C(c1ccc(OCc3ccccc3)cc1)C2. The van der Waals surface area contributed by atoms with Crippen molar-refractivity contribution >= 4 is 11.4 Å². The Balaban J connectivity index is 1.29. The van der Waals surface area contributed by atoms with Gasteiger partial charge in [0.05, 0.1) is 11.4 Å². The minimum absolute atomic E-state index is 0.589. The molecule has 3 aromatic carbocycles. The molecule has 1 fully saturated rings. The zero-order valence-electron chi connectivity index (χ0n) is 17.5. The smallest absolute Gasteiger partial charge is 0.119 e. The lowest BCUT2D eigenvalue weighted by Crippen LogP contribution is -2.26. The lowest BCUT2D eigenvalue weighted by molar-refractivity contribution is 0.306. The highest BCUT2D eigenvalue weighted by Gasteiger charge is 2.22. The molecule has 1 N–H and O–H groups in total. The molecule has 0 spiro atoms. The van der Waals surface area contributed by atoms with Gasteiger partial charge in [-0.2, -0.15) is 0 Å². The van der Waals surface area contributed by atoms with Crippen molar-refractivity contribution in [2.75, 3.05) is 13.1 Å². The normalized spacial score (nSPS) is 16.2. The predicted octanol–water partition coefficient (Wildman–Crippen LogP) is 5.72. The molecular weight excluding hydrogens is 368 g/mol. The Hall–Kier alpha value is -2.91. The maximum Gasteiger partial charge on any atom is 0.119 e. The molecule has 3 nitrogen and oxygen atoms in total. The lowest BCUT2D eigenvalue weighted by atomic mass is 9.87. The second kappa shape index (κ2) is 8.45. The molecule has 30 heavy (non-hydrogen) atoms. The van der Waals surface area contributed by atoms with Crippen molar-refractivity contribution in [2.24, 2.45) is 4.99 Å². The highest BCUT2D eigenvalue weighted by atomic mass is 16.5. The monoisotopic (exact) mass is 396 g/mol. The number of hydrogen-bond acceptors (Lipinski definition) is 3. The van der Waals surface area contributed by atoms with Crippen molar-refractivity contribution in [1.82, 2.24) is 5.32 Å². The van der Waals surface area contributed by atoms with E-state index in [4.69, 9.17) is 9.73 Å². The van der Waals surface area contributed by atoms with E-state index >= 15 is 0 Å². The number of aryl methyl sites for hydroxylation is 1. The summed E-state index contributed by atoms with van der Waals surface area (Å²) in [6.07, 6.45) is 3.38. The molecule has 0 radical (unpaired) electrons. The summed E-state index contributed by atoms with van der Waals surface area (Å²) in [7, 11) is 0. The summed E-state index contributed by atoms with van der Waals surface area (Å²) < 4.78 is 5.93. The second-order valence-electron chi connectivity index (χ2n) is 8.40. The lowest BCUT2D eigenvalue weighted by Gasteiger charge is -2.24. The minimum atomic E-state index is 0.589. The van der Waals surface area contributed by atoms with Gasteiger partial charge in [0, 0.05) is 6.42 Å². The quantitative estimate of drug-likeness (QED) is 0.598. The van der Waals surface area contributed by atoms with E-state index in [0.717, 1.165) is 31.0 Å². The van der Waals surface area contributed by atoms with Crippen LogP contribution in [0.2, 0.25) is 0 Å². The highest BCUT2D eigenvalue weighted by Crippen LogP contribution is 2.37. The standard InChI is InChI=1S/C27H28N2O/c1-19-15-23(21-11-13-28-14-12-21)16-24-17-26(29-27(19)24)22-7-9-25(10-8-22)30-18-20-5-3-2-4-6-20/h2-10,15-16,21,28H,11-14,17-18H2,1H3. The van der Waals surface area contributed by atoms with Crippen LogP contribution in [-0.4, -0.2) is 18.8 Å². The molecule has 0 saturated carbocycles. The van der Waals surface area contributed by atoms with Crippen LogP contribution < -0.4 is 10.1 Å². The van der Waals surface area contributed by atoms with E-state index in [1.54, 1.807) is 0 Å². The van der Waals surface area contributed by atoms with Gasteiger partial charge in [0.2, 0.25) is 0 Å². The molecule has 0 amide bonds. The Morgan fingerprint density at radius 1 is 0.967 bits per heavy atom. The Labute approximate surface area is 178 Å². The zero-order chi connectivity index (χ0) is 20.3. The summed E-state index contributed by atoms with van der Waals surface area (Å²) in [4.78, 5) is 4.99. The fraction of sp³-hybridized carbons (Fsp3) is 0.296. The van der Waals surface area contributed by atoms with E-state index in [1.807, 2.05) is 18.2 Å². The van der Waals surface area contributed by atoms with Crippen LogP contribution in [0.5, 0.6) is 5.75 Å². The average Bonchev–Trinajstić information content (AvgIpc) is 3.24. The molecule has 2 heterocycles. The van der Waals surface area contributed by atoms with Gasteiger partial charge >= 0.3 is 0 Å². The molecule has 0 aliphatic carbocycles. The first-order valence-corrected chi connectivity index (χ1v) is 10.9. The number of hydrogen-bond donors (Lipinski definition) is 1. The molecule has 3 heteroatoms. The minimum Gasteiger partial charge on any atom is -0.489 e. The topological polar surface area (TPSA) is 33.6 Å². The number of fused-ring (bicyclic) bond motifs is 1. The van der Waals surface area contributed by atoms with Gasteiger partial charge in [-0.05, 0) is 90.9 Å². The van der Waals surface area contributed by atoms with Crippen molar-refractivity contribution < 1.29 is 4.74 Å².